The highest BCUT2D eigenvalue weighted by Crippen LogP contribution is 2.24. The van der Waals surface area contributed by atoms with Crippen LogP contribution in [0.4, 0.5) is 0 Å². The molecule has 1 atom stereocenters. The minimum atomic E-state index is 0.219. The standard InChI is InChI=1S/C15H26N2O/c1-11-8-12(2)14(15(9-11)18-5)6-7-17(4)10-13(3)16/h8-9,13H,6-7,10,16H2,1-5H3. The van der Waals surface area contributed by atoms with Gasteiger partial charge in [0.1, 0.15) is 5.75 Å². The number of aryl methyl sites for hydroxylation is 2. The fraction of sp³-hybridized carbons (Fsp3) is 0.600. The third-order valence-corrected chi connectivity index (χ3v) is 3.14. The first kappa shape index (κ1) is 15.0. The second kappa shape index (κ2) is 6.76. The first-order valence-corrected chi connectivity index (χ1v) is 6.52. The van der Waals surface area contributed by atoms with Crippen LogP contribution in [0.25, 0.3) is 0 Å². The molecule has 2 N–H and O–H groups in total. The Kier molecular flexibility index (Phi) is 5.63. The Morgan fingerprint density at radius 2 is 2.00 bits per heavy atom. The van der Waals surface area contributed by atoms with Gasteiger partial charge in [0.2, 0.25) is 0 Å². The van der Waals surface area contributed by atoms with Crippen LogP contribution >= 0.6 is 0 Å². The Morgan fingerprint density at radius 1 is 1.33 bits per heavy atom. The van der Waals surface area contributed by atoms with Gasteiger partial charge in [-0.05, 0) is 57.0 Å². The van der Waals surface area contributed by atoms with Gasteiger partial charge in [-0.15, -0.1) is 0 Å². The van der Waals surface area contributed by atoms with E-state index in [9.17, 15) is 0 Å². The molecule has 1 aromatic carbocycles. The molecule has 0 aliphatic rings. The van der Waals surface area contributed by atoms with E-state index in [-0.39, 0.29) is 6.04 Å². The van der Waals surface area contributed by atoms with E-state index in [1.165, 1.54) is 16.7 Å². The number of methoxy groups -OCH3 is 1. The molecule has 0 amide bonds. The fourth-order valence-corrected chi connectivity index (χ4v) is 2.35. The van der Waals surface area contributed by atoms with Crippen molar-refractivity contribution >= 4 is 0 Å². The number of hydrogen-bond acceptors (Lipinski definition) is 3. The summed E-state index contributed by atoms with van der Waals surface area (Å²) in [6, 6.07) is 4.54. The van der Waals surface area contributed by atoms with Gasteiger partial charge in [0.25, 0.3) is 0 Å². The fourth-order valence-electron chi connectivity index (χ4n) is 2.35. The third-order valence-electron chi connectivity index (χ3n) is 3.14. The molecule has 0 aliphatic carbocycles. The molecule has 102 valence electrons. The van der Waals surface area contributed by atoms with E-state index < -0.39 is 0 Å². The molecule has 0 aliphatic heterocycles. The molecule has 0 bridgehead atoms. The van der Waals surface area contributed by atoms with E-state index in [0.29, 0.717) is 0 Å². The summed E-state index contributed by atoms with van der Waals surface area (Å²) in [7, 11) is 3.85. The van der Waals surface area contributed by atoms with Crippen LogP contribution in [0.5, 0.6) is 5.75 Å². The van der Waals surface area contributed by atoms with Gasteiger partial charge >= 0.3 is 0 Å². The lowest BCUT2D eigenvalue weighted by Crippen LogP contribution is -2.34. The highest BCUT2D eigenvalue weighted by atomic mass is 16.5. The van der Waals surface area contributed by atoms with Gasteiger partial charge in [0.05, 0.1) is 7.11 Å². The van der Waals surface area contributed by atoms with Gasteiger partial charge in [0.15, 0.2) is 0 Å². The number of hydrogen-bond donors (Lipinski definition) is 1. The van der Waals surface area contributed by atoms with Crippen LogP contribution in [0, 0.1) is 13.8 Å². The monoisotopic (exact) mass is 250 g/mol. The Hall–Kier alpha value is -1.06. The topological polar surface area (TPSA) is 38.5 Å². The number of nitrogens with zero attached hydrogens (tertiary/aromatic N) is 1. The second-order valence-electron chi connectivity index (χ2n) is 5.25. The van der Waals surface area contributed by atoms with Crippen LogP contribution in [0.2, 0.25) is 0 Å². The van der Waals surface area contributed by atoms with Crippen LogP contribution in [-0.2, 0) is 6.42 Å². The normalized spacial score (nSPS) is 12.8. The molecule has 0 saturated carbocycles. The molecule has 0 fully saturated rings. The summed E-state index contributed by atoms with van der Waals surface area (Å²) >= 11 is 0. The van der Waals surface area contributed by atoms with Crippen molar-refractivity contribution in [2.24, 2.45) is 5.73 Å². The largest absolute Gasteiger partial charge is 0.496 e. The summed E-state index contributed by atoms with van der Waals surface area (Å²) in [5.41, 5.74) is 9.66. The molecule has 0 saturated heterocycles. The summed E-state index contributed by atoms with van der Waals surface area (Å²) in [5.74, 6) is 1.00. The van der Waals surface area contributed by atoms with Gasteiger partial charge < -0.3 is 15.4 Å². The lowest BCUT2D eigenvalue weighted by molar-refractivity contribution is 0.318. The Bertz CT molecular complexity index is 388. The first-order chi connectivity index (χ1) is 8.43. The van der Waals surface area contributed by atoms with Crippen molar-refractivity contribution < 1.29 is 4.74 Å². The molecule has 3 heteroatoms. The van der Waals surface area contributed by atoms with Crippen LogP contribution in [0.3, 0.4) is 0 Å². The molecule has 18 heavy (non-hydrogen) atoms. The third kappa shape index (κ3) is 4.31. The van der Waals surface area contributed by atoms with Crippen LogP contribution in [-0.4, -0.2) is 38.2 Å². The van der Waals surface area contributed by atoms with E-state index in [4.69, 9.17) is 10.5 Å². The summed E-state index contributed by atoms with van der Waals surface area (Å²) in [4.78, 5) is 2.27. The van der Waals surface area contributed by atoms with E-state index in [1.807, 2.05) is 6.92 Å². The van der Waals surface area contributed by atoms with Crippen molar-refractivity contribution in [3.63, 3.8) is 0 Å². The van der Waals surface area contributed by atoms with E-state index in [0.717, 1.165) is 25.3 Å². The maximum Gasteiger partial charge on any atom is 0.122 e. The van der Waals surface area contributed by atoms with Crippen molar-refractivity contribution in [2.75, 3.05) is 27.2 Å². The minimum absolute atomic E-state index is 0.219. The quantitative estimate of drug-likeness (QED) is 0.840. The van der Waals surface area contributed by atoms with Crippen LogP contribution < -0.4 is 10.5 Å². The van der Waals surface area contributed by atoms with Gasteiger partial charge in [0, 0.05) is 19.1 Å². The Balaban J connectivity index is 2.72. The Labute approximate surface area is 111 Å². The number of benzene rings is 1. The average Bonchev–Trinajstić information content (AvgIpc) is 2.25. The predicted octanol–water partition coefficient (Wildman–Crippen LogP) is 2.13. The summed E-state index contributed by atoms with van der Waals surface area (Å²) in [6.07, 6.45) is 0.999. The molecule has 0 heterocycles. The van der Waals surface area contributed by atoms with E-state index >= 15 is 0 Å². The molecule has 0 spiro atoms. The second-order valence-corrected chi connectivity index (χ2v) is 5.25. The summed E-state index contributed by atoms with van der Waals surface area (Å²) in [5, 5.41) is 0. The highest BCUT2D eigenvalue weighted by Gasteiger charge is 2.09. The SMILES string of the molecule is COc1cc(C)cc(C)c1CCN(C)CC(C)N. The zero-order valence-corrected chi connectivity index (χ0v) is 12.3. The smallest absolute Gasteiger partial charge is 0.122 e. The number of nitrogens with two attached hydrogens (primary N) is 1. The van der Waals surface area contributed by atoms with Crippen molar-refractivity contribution in [3.05, 3.63) is 28.8 Å². The van der Waals surface area contributed by atoms with Gasteiger partial charge in [-0.2, -0.15) is 0 Å². The number of ether oxygens (including phenoxy) is 1. The molecule has 3 nitrogen and oxygen atoms in total. The zero-order chi connectivity index (χ0) is 13.7. The number of rotatable bonds is 6. The molecule has 1 aromatic rings. The van der Waals surface area contributed by atoms with Crippen LogP contribution in [0.1, 0.15) is 23.6 Å². The van der Waals surface area contributed by atoms with Crippen molar-refractivity contribution in [1.29, 1.82) is 0 Å². The molecular weight excluding hydrogens is 224 g/mol. The average molecular weight is 250 g/mol. The first-order valence-electron chi connectivity index (χ1n) is 6.52. The number of likely N-dealkylation sites (N-methyl/N-ethyl adjacent to an activating group) is 1. The summed E-state index contributed by atoms with van der Waals surface area (Å²) in [6.45, 7) is 8.21. The maximum atomic E-state index is 5.80. The lowest BCUT2D eigenvalue weighted by atomic mass is 10.0. The van der Waals surface area contributed by atoms with Gasteiger partial charge in [-0.1, -0.05) is 6.07 Å². The minimum Gasteiger partial charge on any atom is -0.496 e. The van der Waals surface area contributed by atoms with Crippen molar-refractivity contribution in [3.8, 4) is 5.75 Å². The highest BCUT2D eigenvalue weighted by molar-refractivity contribution is 5.43. The predicted molar refractivity (Wildman–Crippen MR) is 77.3 cm³/mol. The van der Waals surface area contributed by atoms with Crippen molar-refractivity contribution in [1.82, 2.24) is 4.90 Å². The van der Waals surface area contributed by atoms with Crippen LogP contribution in [0.15, 0.2) is 12.1 Å². The molecule has 0 radical (unpaired) electrons. The molecule has 0 aromatic heterocycles. The maximum absolute atomic E-state index is 5.80. The molecule has 1 rings (SSSR count). The lowest BCUT2D eigenvalue weighted by Gasteiger charge is -2.20. The molecular formula is C15H26N2O. The van der Waals surface area contributed by atoms with Crippen molar-refractivity contribution in [2.45, 2.75) is 33.2 Å². The summed E-state index contributed by atoms with van der Waals surface area (Å²) < 4.78 is 5.48. The Morgan fingerprint density at radius 3 is 2.56 bits per heavy atom. The van der Waals surface area contributed by atoms with E-state index in [1.54, 1.807) is 7.11 Å². The van der Waals surface area contributed by atoms with E-state index in [2.05, 4.69) is 37.9 Å². The zero-order valence-electron chi connectivity index (χ0n) is 12.3. The van der Waals surface area contributed by atoms with Gasteiger partial charge in [-0.25, -0.2) is 0 Å². The molecule has 1 unspecified atom stereocenters. The van der Waals surface area contributed by atoms with Gasteiger partial charge in [-0.3, -0.25) is 0 Å².